The van der Waals surface area contributed by atoms with Crippen molar-refractivity contribution in [3.05, 3.63) is 218 Å². The lowest BCUT2D eigenvalue weighted by atomic mass is 9.98. The minimum atomic E-state index is 0.640. The van der Waals surface area contributed by atoms with E-state index in [0.717, 1.165) is 28.1 Å². The molecule has 0 fully saturated rings. The minimum Gasteiger partial charge on any atom is -0.309 e. The Hall–Kier alpha value is -8.13. The van der Waals surface area contributed by atoms with E-state index in [2.05, 4.69) is 201 Å². The van der Waals surface area contributed by atoms with E-state index in [-0.39, 0.29) is 0 Å². The zero-order valence-corrected chi connectivity index (χ0v) is 31.9. The minimum absolute atomic E-state index is 0.640. The van der Waals surface area contributed by atoms with Gasteiger partial charge in [0.2, 0.25) is 0 Å². The smallest absolute Gasteiger partial charge is 0.187 e. The lowest BCUT2D eigenvalue weighted by Crippen LogP contribution is -1.93. The molecule has 0 N–H and O–H groups in total. The largest absolute Gasteiger partial charge is 0.309 e. The maximum atomic E-state index is 7.44. The van der Waals surface area contributed by atoms with Crippen LogP contribution in [0.5, 0.6) is 0 Å². The van der Waals surface area contributed by atoms with E-state index in [9.17, 15) is 0 Å². The van der Waals surface area contributed by atoms with Gasteiger partial charge in [0.05, 0.1) is 39.7 Å². The van der Waals surface area contributed by atoms with Gasteiger partial charge in [-0.3, -0.25) is 0 Å². The van der Waals surface area contributed by atoms with Crippen LogP contribution < -0.4 is 0 Å². The maximum absolute atomic E-state index is 7.44. The van der Waals surface area contributed by atoms with Crippen LogP contribution in [0.15, 0.2) is 206 Å². The predicted octanol–water partition coefficient (Wildman–Crippen LogP) is 14.9. The van der Waals surface area contributed by atoms with Gasteiger partial charge in [-0.25, -0.2) is 4.85 Å². The summed E-state index contributed by atoms with van der Waals surface area (Å²) in [6, 6.07) is 74.1. The summed E-state index contributed by atoms with van der Waals surface area (Å²) in [4.78, 5) is 3.61. The molecule has 0 spiro atoms. The van der Waals surface area contributed by atoms with Crippen LogP contribution in [0, 0.1) is 6.57 Å². The summed E-state index contributed by atoms with van der Waals surface area (Å²) in [5.41, 5.74) is 15.8. The summed E-state index contributed by atoms with van der Waals surface area (Å²) >= 11 is 0. The molecule has 0 bridgehead atoms. The molecule has 9 aromatic carbocycles. The number of nitrogens with zero attached hydrogens (tertiary/aromatic N) is 4. The van der Waals surface area contributed by atoms with Crippen LogP contribution >= 0.6 is 0 Å². The molecule has 0 aliphatic carbocycles. The number of para-hydroxylation sites is 4. The molecule has 0 saturated heterocycles. The van der Waals surface area contributed by atoms with Crippen molar-refractivity contribution >= 4 is 71.1 Å². The maximum Gasteiger partial charge on any atom is 0.187 e. The lowest BCUT2D eigenvalue weighted by molar-refractivity contribution is 1.18. The Labute approximate surface area is 340 Å². The standard InChI is InChI=1S/C55H34N4/c1-56-40-24-26-43(27-25-40)59-51-19-11-9-17-45(51)47-33-37(21-29-53(47)59)39-23-31-55-49(35-39)48-34-38(22-30-54(48)58(55)42-14-6-3-7-15-42)36-20-28-52-46(32-36)44-16-8-10-18-50(44)57(52)41-12-4-2-5-13-41/h2-35H. The molecule has 0 atom stereocenters. The Morgan fingerprint density at radius 2 is 0.576 bits per heavy atom. The van der Waals surface area contributed by atoms with Crippen molar-refractivity contribution in [1.82, 2.24) is 13.7 Å². The van der Waals surface area contributed by atoms with Gasteiger partial charge in [0, 0.05) is 49.4 Å². The molecule has 0 aliphatic rings. The number of hydrogen-bond acceptors (Lipinski definition) is 0. The van der Waals surface area contributed by atoms with Crippen molar-refractivity contribution in [1.29, 1.82) is 0 Å². The van der Waals surface area contributed by atoms with Gasteiger partial charge in [0.15, 0.2) is 5.69 Å². The van der Waals surface area contributed by atoms with Gasteiger partial charge in [0.25, 0.3) is 0 Å². The van der Waals surface area contributed by atoms with E-state index in [4.69, 9.17) is 6.57 Å². The Balaban J connectivity index is 1.04. The molecule has 0 unspecified atom stereocenters. The second-order valence-corrected chi connectivity index (χ2v) is 15.3. The molecule has 12 rings (SSSR count). The fourth-order valence-electron chi connectivity index (χ4n) is 9.35. The molecule has 0 aliphatic heterocycles. The third-order valence-corrected chi connectivity index (χ3v) is 12.0. The zero-order valence-electron chi connectivity index (χ0n) is 31.9. The fourth-order valence-corrected chi connectivity index (χ4v) is 9.35. The molecular weight excluding hydrogens is 717 g/mol. The SMILES string of the molecule is [C-]#[N+]c1ccc(-n2c3ccccc3c3cc(-c4ccc5c(c4)c4cc(-c6ccc7c(c6)c6ccccc6n7-c6ccccc6)ccc4n5-c4ccccc4)ccc32)cc1. The van der Waals surface area contributed by atoms with Gasteiger partial charge >= 0.3 is 0 Å². The first-order valence-electron chi connectivity index (χ1n) is 20.0. The Kier molecular flexibility index (Phi) is 7.26. The van der Waals surface area contributed by atoms with Crippen molar-refractivity contribution in [3.63, 3.8) is 0 Å². The Morgan fingerprint density at radius 1 is 0.271 bits per heavy atom. The van der Waals surface area contributed by atoms with Crippen molar-refractivity contribution in [2.45, 2.75) is 0 Å². The highest BCUT2D eigenvalue weighted by molar-refractivity contribution is 6.14. The lowest BCUT2D eigenvalue weighted by Gasteiger charge is -2.09. The zero-order chi connectivity index (χ0) is 39.0. The van der Waals surface area contributed by atoms with Crippen LogP contribution in [0.3, 0.4) is 0 Å². The Morgan fingerprint density at radius 3 is 0.949 bits per heavy atom. The molecule has 12 aromatic rings. The van der Waals surface area contributed by atoms with Gasteiger partial charge < -0.3 is 13.7 Å². The van der Waals surface area contributed by atoms with E-state index < -0.39 is 0 Å². The summed E-state index contributed by atoms with van der Waals surface area (Å²) in [5.74, 6) is 0. The molecule has 3 aromatic heterocycles. The first-order valence-corrected chi connectivity index (χ1v) is 20.0. The molecule has 3 heterocycles. The molecule has 0 saturated carbocycles. The third kappa shape index (κ3) is 5.09. The van der Waals surface area contributed by atoms with E-state index in [1.54, 1.807) is 0 Å². The van der Waals surface area contributed by atoms with Gasteiger partial charge in [-0.1, -0.05) is 109 Å². The summed E-state index contributed by atoms with van der Waals surface area (Å²) in [5, 5.41) is 7.33. The van der Waals surface area contributed by atoms with Crippen LogP contribution in [0.2, 0.25) is 0 Å². The highest BCUT2D eigenvalue weighted by Gasteiger charge is 2.18. The van der Waals surface area contributed by atoms with Crippen molar-refractivity contribution in [2.75, 3.05) is 0 Å². The first kappa shape index (κ1) is 33.1. The normalized spacial score (nSPS) is 11.7. The molecule has 59 heavy (non-hydrogen) atoms. The second kappa shape index (κ2) is 13.0. The summed E-state index contributed by atoms with van der Waals surface area (Å²) in [6.07, 6.45) is 0. The predicted molar refractivity (Wildman–Crippen MR) is 247 cm³/mol. The average molecular weight is 751 g/mol. The van der Waals surface area contributed by atoms with Crippen molar-refractivity contribution < 1.29 is 0 Å². The fraction of sp³-hybridized carbons (Fsp3) is 0. The molecule has 4 heteroatoms. The molecule has 4 nitrogen and oxygen atoms in total. The highest BCUT2D eigenvalue weighted by Crippen LogP contribution is 2.41. The van der Waals surface area contributed by atoms with E-state index in [1.807, 2.05) is 24.3 Å². The number of hydrogen-bond donors (Lipinski definition) is 0. The van der Waals surface area contributed by atoms with Crippen LogP contribution in [0.1, 0.15) is 0 Å². The first-order chi connectivity index (χ1) is 29.2. The number of fused-ring (bicyclic) bond motifs is 9. The second-order valence-electron chi connectivity index (χ2n) is 15.3. The summed E-state index contributed by atoms with van der Waals surface area (Å²) in [6.45, 7) is 7.44. The molecule has 274 valence electrons. The molecule has 0 radical (unpaired) electrons. The van der Waals surface area contributed by atoms with Gasteiger partial charge in [-0.05, 0) is 119 Å². The third-order valence-electron chi connectivity index (χ3n) is 12.0. The summed E-state index contributed by atoms with van der Waals surface area (Å²) < 4.78 is 7.07. The van der Waals surface area contributed by atoms with E-state index >= 15 is 0 Å². The van der Waals surface area contributed by atoms with Gasteiger partial charge in [-0.15, -0.1) is 0 Å². The van der Waals surface area contributed by atoms with E-state index in [1.165, 1.54) is 76.6 Å². The number of benzene rings is 9. The van der Waals surface area contributed by atoms with Crippen LogP contribution in [0.4, 0.5) is 5.69 Å². The van der Waals surface area contributed by atoms with Gasteiger partial charge in [0.1, 0.15) is 0 Å². The number of rotatable bonds is 5. The van der Waals surface area contributed by atoms with E-state index in [0.29, 0.717) is 5.69 Å². The van der Waals surface area contributed by atoms with Crippen LogP contribution in [-0.2, 0) is 0 Å². The Bertz CT molecular complexity index is 3650. The summed E-state index contributed by atoms with van der Waals surface area (Å²) in [7, 11) is 0. The molecule has 0 amide bonds. The van der Waals surface area contributed by atoms with Crippen LogP contribution in [-0.4, -0.2) is 13.7 Å². The highest BCUT2D eigenvalue weighted by atomic mass is 15.0. The monoisotopic (exact) mass is 750 g/mol. The van der Waals surface area contributed by atoms with Crippen molar-refractivity contribution in [2.24, 2.45) is 0 Å². The van der Waals surface area contributed by atoms with Crippen LogP contribution in [0.25, 0.3) is 110 Å². The average Bonchev–Trinajstić information content (AvgIpc) is 3.94. The van der Waals surface area contributed by atoms with Gasteiger partial charge in [-0.2, -0.15) is 0 Å². The van der Waals surface area contributed by atoms with Crippen molar-refractivity contribution in [3.8, 4) is 39.3 Å². The quantitative estimate of drug-likeness (QED) is 0.156. The number of aromatic nitrogens is 3. The molecular formula is C55H34N4. The topological polar surface area (TPSA) is 19.1 Å².